The van der Waals surface area contributed by atoms with Gasteiger partial charge in [0.05, 0.1) is 5.56 Å². The van der Waals surface area contributed by atoms with Gasteiger partial charge in [-0.25, -0.2) is 0 Å². The van der Waals surface area contributed by atoms with E-state index in [0.29, 0.717) is 35.5 Å². The molecule has 6 nitrogen and oxygen atoms in total. The van der Waals surface area contributed by atoms with Crippen LogP contribution >= 0.6 is 0 Å². The highest BCUT2D eigenvalue weighted by Crippen LogP contribution is 2.30. The summed E-state index contributed by atoms with van der Waals surface area (Å²) >= 11 is 0. The van der Waals surface area contributed by atoms with E-state index in [9.17, 15) is 14.4 Å². The molecular formula is C27H29N3O3. The van der Waals surface area contributed by atoms with Crippen LogP contribution in [0.4, 0.5) is 5.69 Å². The molecule has 0 atom stereocenters. The maximum atomic E-state index is 12.9. The number of amides is 3. The summed E-state index contributed by atoms with van der Waals surface area (Å²) in [5, 5.41) is 4.61. The van der Waals surface area contributed by atoms with Gasteiger partial charge in [-0.05, 0) is 42.5 Å². The van der Waals surface area contributed by atoms with Crippen molar-refractivity contribution in [2.24, 2.45) is 0 Å². The number of anilines is 1. The van der Waals surface area contributed by atoms with Crippen LogP contribution in [0.5, 0.6) is 0 Å². The molecule has 3 N–H and O–H groups in total. The lowest BCUT2D eigenvalue weighted by atomic mass is 9.94. The Morgan fingerprint density at radius 2 is 1.36 bits per heavy atom. The summed E-state index contributed by atoms with van der Waals surface area (Å²) < 4.78 is 0. The summed E-state index contributed by atoms with van der Waals surface area (Å²) in [4.78, 5) is 39.3. The molecule has 0 spiro atoms. The minimum absolute atomic E-state index is 0.138. The third-order valence-electron chi connectivity index (χ3n) is 6.16. The lowest BCUT2D eigenvalue weighted by Gasteiger charge is -2.27. The fourth-order valence-corrected chi connectivity index (χ4v) is 4.39. The number of nitrogens with one attached hydrogen (secondary N) is 1. The Bertz CT molecular complexity index is 1140. The smallest absolute Gasteiger partial charge is 0.261 e. The highest BCUT2D eigenvalue weighted by Gasteiger charge is 2.31. The van der Waals surface area contributed by atoms with E-state index in [1.54, 1.807) is 30.3 Å². The zero-order chi connectivity index (χ0) is 23.2. The van der Waals surface area contributed by atoms with Gasteiger partial charge in [0.25, 0.3) is 17.7 Å². The molecule has 33 heavy (non-hydrogen) atoms. The normalized spacial score (nSPS) is 12.9. The number of rotatable bonds is 10. The molecule has 0 aliphatic carbocycles. The third-order valence-corrected chi connectivity index (χ3v) is 6.16. The van der Waals surface area contributed by atoms with Gasteiger partial charge in [0.2, 0.25) is 0 Å². The first-order valence-corrected chi connectivity index (χ1v) is 11.6. The number of nitrogens with two attached hydrogens (primary N) is 1. The first kappa shape index (κ1) is 22.5. The zero-order valence-corrected chi connectivity index (χ0v) is 18.7. The molecule has 3 aromatic rings. The maximum absolute atomic E-state index is 12.9. The van der Waals surface area contributed by atoms with Crippen molar-refractivity contribution in [3.8, 4) is 0 Å². The van der Waals surface area contributed by atoms with Crippen molar-refractivity contribution >= 4 is 34.2 Å². The number of carbonyl (C=O) groups excluding carboxylic acids is 3. The second-order valence-corrected chi connectivity index (χ2v) is 8.44. The summed E-state index contributed by atoms with van der Waals surface area (Å²) in [6, 6.07) is 18.3. The molecule has 170 valence electrons. The van der Waals surface area contributed by atoms with Gasteiger partial charge in [-0.15, -0.1) is 0 Å². The molecule has 1 aliphatic rings. The van der Waals surface area contributed by atoms with Gasteiger partial charge in [0, 0.05) is 35.3 Å². The quantitative estimate of drug-likeness (QED) is 0.268. The highest BCUT2D eigenvalue weighted by molar-refractivity contribution is 6.25. The van der Waals surface area contributed by atoms with Crippen LogP contribution in [0.25, 0.3) is 10.8 Å². The first-order valence-electron chi connectivity index (χ1n) is 11.6. The van der Waals surface area contributed by atoms with Crippen molar-refractivity contribution in [2.75, 3.05) is 18.8 Å². The molecule has 0 radical (unpaired) electrons. The first-order chi connectivity index (χ1) is 16.1. The molecule has 6 heteroatoms. The van der Waals surface area contributed by atoms with Crippen molar-refractivity contribution in [1.29, 1.82) is 0 Å². The lowest BCUT2D eigenvalue weighted by molar-refractivity contribution is 0.0607. The minimum atomic E-state index is -0.195. The van der Waals surface area contributed by atoms with E-state index in [-0.39, 0.29) is 17.7 Å². The number of hydrogen-bond acceptors (Lipinski definition) is 4. The fraction of sp³-hybridized carbons (Fsp3) is 0.296. The Hall–Kier alpha value is -3.67. The predicted molar refractivity (Wildman–Crippen MR) is 130 cm³/mol. The van der Waals surface area contributed by atoms with Crippen molar-refractivity contribution in [3.05, 3.63) is 77.4 Å². The summed E-state index contributed by atoms with van der Waals surface area (Å²) in [5.41, 5.74) is 8.05. The monoisotopic (exact) mass is 443 g/mol. The minimum Gasteiger partial charge on any atom is -0.398 e. The Morgan fingerprint density at radius 1 is 0.758 bits per heavy atom. The molecule has 3 aromatic carbocycles. The number of imide groups is 1. The molecule has 0 saturated heterocycles. The lowest BCUT2D eigenvalue weighted by Crippen LogP contribution is -2.40. The van der Waals surface area contributed by atoms with E-state index < -0.39 is 0 Å². The van der Waals surface area contributed by atoms with Gasteiger partial charge in [0.15, 0.2) is 0 Å². The summed E-state index contributed by atoms with van der Waals surface area (Å²) in [7, 11) is 0. The SMILES string of the molecule is Nc1ccccc1C(=O)NCCCCCCCCN1C(=O)c2cccc3cccc(c23)C1=O. The van der Waals surface area contributed by atoms with Crippen LogP contribution in [0.2, 0.25) is 0 Å². The zero-order valence-electron chi connectivity index (χ0n) is 18.7. The van der Waals surface area contributed by atoms with Crippen LogP contribution in [0.1, 0.15) is 69.6 Å². The second kappa shape index (κ2) is 10.3. The molecular weight excluding hydrogens is 414 g/mol. The van der Waals surface area contributed by atoms with Crippen LogP contribution in [0.3, 0.4) is 0 Å². The van der Waals surface area contributed by atoms with E-state index in [0.717, 1.165) is 49.3 Å². The Morgan fingerprint density at radius 3 is 2.03 bits per heavy atom. The largest absolute Gasteiger partial charge is 0.398 e. The van der Waals surface area contributed by atoms with Crippen molar-refractivity contribution in [1.82, 2.24) is 10.2 Å². The van der Waals surface area contributed by atoms with Gasteiger partial charge < -0.3 is 11.1 Å². The van der Waals surface area contributed by atoms with Crippen molar-refractivity contribution in [2.45, 2.75) is 38.5 Å². The molecule has 0 unspecified atom stereocenters. The van der Waals surface area contributed by atoms with E-state index in [2.05, 4.69) is 5.32 Å². The molecule has 3 amide bonds. The predicted octanol–water partition coefficient (Wildman–Crippen LogP) is 4.79. The van der Waals surface area contributed by atoms with Crippen molar-refractivity contribution < 1.29 is 14.4 Å². The average molecular weight is 444 g/mol. The van der Waals surface area contributed by atoms with E-state index >= 15 is 0 Å². The highest BCUT2D eigenvalue weighted by atomic mass is 16.2. The van der Waals surface area contributed by atoms with E-state index in [1.807, 2.05) is 30.3 Å². The summed E-state index contributed by atoms with van der Waals surface area (Å²) in [6.07, 6.45) is 5.74. The standard InChI is InChI=1S/C27H29N3O3/c28-23-16-6-5-13-20(23)25(31)29-17-7-3-1-2-4-8-18-30-26(32)21-14-9-11-19-12-10-15-22(24(19)21)27(30)33/h5-6,9-16H,1-4,7-8,17-18,28H2,(H,29,31). The number of nitrogen functional groups attached to an aromatic ring is 1. The van der Waals surface area contributed by atoms with E-state index in [4.69, 9.17) is 5.73 Å². The van der Waals surface area contributed by atoms with Gasteiger partial charge in [0.1, 0.15) is 0 Å². The Kier molecular flexibility index (Phi) is 7.03. The van der Waals surface area contributed by atoms with Crippen LogP contribution in [-0.4, -0.2) is 35.7 Å². The van der Waals surface area contributed by atoms with Gasteiger partial charge >= 0.3 is 0 Å². The van der Waals surface area contributed by atoms with Crippen LogP contribution in [0.15, 0.2) is 60.7 Å². The number of benzene rings is 3. The fourth-order valence-electron chi connectivity index (χ4n) is 4.39. The molecule has 0 bridgehead atoms. The second-order valence-electron chi connectivity index (χ2n) is 8.44. The molecule has 0 fully saturated rings. The van der Waals surface area contributed by atoms with Crippen molar-refractivity contribution in [3.63, 3.8) is 0 Å². The number of nitrogens with zero attached hydrogens (tertiary/aromatic N) is 1. The molecule has 1 aliphatic heterocycles. The van der Waals surface area contributed by atoms with Gasteiger partial charge in [-0.2, -0.15) is 0 Å². The topological polar surface area (TPSA) is 92.5 Å². The molecule has 4 rings (SSSR count). The summed E-state index contributed by atoms with van der Waals surface area (Å²) in [6.45, 7) is 1.06. The third kappa shape index (κ3) is 4.90. The van der Waals surface area contributed by atoms with Gasteiger partial charge in [-0.1, -0.05) is 62.1 Å². The average Bonchev–Trinajstić information content (AvgIpc) is 2.83. The number of para-hydroxylation sites is 1. The number of unbranched alkanes of at least 4 members (excludes halogenated alkanes) is 5. The molecule has 0 saturated carbocycles. The molecule has 0 aromatic heterocycles. The maximum Gasteiger partial charge on any atom is 0.261 e. The van der Waals surface area contributed by atoms with Gasteiger partial charge in [-0.3, -0.25) is 19.3 Å². The summed E-state index contributed by atoms with van der Waals surface area (Å²) in [5.74, 6) is -0.528. The molecule has 1 heterocycles. The van der Waals surface area contributed by atoms with Crippen LogP contribution < -0.4 is 11.1 Å². The Labute approximate surface area is 193 Å². The number of hydrogen-bond donors (Lipinski definition) is 2. The van der Waals surface area contributed by atoms with Crippen LogP contribution in [0, 0.1) is 0 Å². The van der Waals surface area contributed by atoms with Crippen LogP contribution in [-0.2, 0) is 0 Å². The number of carbonyl (C=O) groups is 3. The Balaban J connectivity index is 1.15. The van der Waals surface area contributed by atoms with E-state index in [1.165, 1.54) is 4.90 Å².